The summed E-state index contributed by atoms with van der Waals surface area (Å²) in [6.45, 7) is 2.07. The molecule has 1 N–H and O–H groups in total. The zero-order valence-corrected chi connectivity index (χ0v) is 18.1. The van der Waals surface area contributed by atoms with Crippen LogP contribution in [0.15, 0.2) is 48.7 Å². The molecule has 1 heterocycles. The minimum absolute atomic E-state index is 0.0732. The molecule has 1 aromatic heterocycles. The van der Waals surface area contributed by atoms with Gasteiger partial charge in [-0.25, -0.2) is 9.97 Å². The van der Waals surface area contributed by atoms with E-state index in [2.05, 4.69) is 22.2 Å². The SMILES string of the molecule is COc1cc(C=Cc2nccc(NC(C)c3ccc(Cl)cc3)n2)cc(OC)c1OC. The average Bonchev–Trinajstić information content (AvgIpc) is 2.77. The lowest BCUT2D eigenvalue weighted by atomic mass is 10.1. The predicted octanol–water partition coefficient (Wildman–Crippen LogP) is 5.50. The smallest absolute Gasteiger partial charge is 0.203 e. The number of methoxy groups -OCH3 is 3. The summed E-state index contributed by atoms with van der Waals surface area (Å²) < 4.78 is 16.1. The van der Waals surface area contributed by atoms with Crippen molar-refractivity contribution in [1.29, 1.82) is 0 Å². The van der Waals surface area contributed by atoms with E-state index in [1.54, 1.807) is 27.5 Å². The van der Waals surface area contributed by atoms with Crippen LogP contribution in [0.5, 0.6) is 17.2 Å². The summed E-state index contributed by atoms with van der Waals surface area (Å²) in [6.07, 6.45) is 5.45. The second-order valence-corrected chi connectivity index (χ2v) is 6.95. The molecule has 0 aliphatic heterocycles. The summed E-state index contributed by atoms with van der Waals surface area (Å²) in [5, 5.41) is 4.10. The van der Waals surface area contributed by atoms with Gasteiger partial charge in [0.05, 0.1) is 21.3 Å². The largest absolute Gasteiger partial charge is 0.493 e. The number of halogens is 1. The summed E-state index contributed by atoms with van der Waals surface area (Å²) in [5.41, 5.74) is 1.99. The number of benzene rings is 2. The molecule has 0 amide bonds. The van der Waals surface area contributed by atoms with Gasteiger partial charge in [0.25, 0.3) is 0 Å². The summed E-state index contributed by atoms with van der Waals surface area (Å²) >= 11 is 5.97. The van der Waals surface area contributed by atoms with E-state index in [0.717, 1.165) is 16.9 Å². The van der Waals surface area contributed by atoms with Gasteiger partial charge in [0.1, 0.15) is 5.82 Å². The molecular formula is C23H24ClN3O3. The van der Waals surface area contributed by atoms with Crippen LogP contribution in [0.2, 0.25) is 5.02 Å². The number of anilines is 1. The van der Waals surface area contributed by atoms with E-state index < -0.39 is 0 Å². The molecule has 3 rings (SSSR count). The first-order valence-corrected chi connectivity index (χ1v) is 9.75. The topological polar surface area (TPSA) is 65.5 Å². The highest BCUT2D eigenvalue weighted by Gasteiger charge is 2.12. The fourth-order valence-corrected chi connectivity index (χ4v) is 3.09. The van der Waals surface area contributed by atoms with Crippen molar-refractivity contribution >= 4 is 29.6 Å². The van der Waals surface area contributed by atoms with Crippen molar-refractivity contribution < 1.29 is 14.2 Å². The number of hydrogen-bond donors (Lipinski definition) is 1. The van der Waals surface area contributed by atoms with Gasteiger partial charge in [-0.05, 0) is 54.5 Å². The Morgan fingerprint density at radius 1 is 0.933 bits per heavy atom. The molecular weight excluding hydrogens is 402 g/mol. The summed E-state index contributed by atoms with van der Waals surface area (Å²) in [6, 6.07) is 13.4. The first kappa shape index (κ1) is 21.5. The van der Waals surface area contributed by atoms with Gasteiger partial charge >= 0.3 is 0 Å². The number of ether oxygens (including phenoxy) is 3. The Morgan fingerprint density at radius 3 is 2.20 bits per heavy atom. The number of nitrogens with zero attached hydrogens (tertiary/aromatic N) is 2. The average molecular weight is 426 g/mol. The summed E-state index contributed by atoms with van der Waals surface area (Å²) in [4.78, 5) is 8.89. The van der Waals surface area contributed by atoms with E-state index in [-0.39, 0.29) is 6.04 Å². The van der Waals surface area contributed by atoms with Gasteiger partial charge < -0.3 is 19.5 Å². The maximum Gasteiger partial charge on any atom is 0.203 e. The second kappa shape index (κ2) is 9.98. The van der Waals surface area contributed by atoms with E-state index in [9.17, 15) is 0 Å². The molecule has 0 radical (unpaired) electrons. The predicted molar refractivity (Wildman–Crippen MR) is 121 cm³/mol. The molecule has 3 aromatic rings. The van der Waals surface area contributed by atoms with Gasteiger partial charge in [-0.2, -0.15) is 0 Å². The van der Waals surface area contributed by atoms with E-state index in [4.69, 9.17) is 25.8 Å². The van der Waals surface area contributed by atoms with Gasteiger partial charge in [-0.1, -0.05) is 29.8 Å². The van der Waals surface area contributed by atoms with E-state index >= 15 is 0 Å². The van der Waals surface area contributed by atoms with Crippen LogP contribution in [-0.2, 0) is 0 Å². The minimum Gasteiger partial charge on any atom is -0.493 e. The van der Waals surface area contributed by atoms with Crippen molar-refractivity contribution in [2.75, 3.05) is 26.6 Å². The van der Waals surface area contributed by atoms with Gasteiger partial charge in [0.15, 0.2) is 17.3 Å². The van der Waals surface area contributed by atoms with Crippen LogP contribution in [-0.4, -0.2) is 31.3 Å². The van der Waals surface area contributed by atoms with E-state index in [0.29, 0.717) is 28.1 Å². The maximum absolute atomic E-state index is 5.97. The molecule has 0 saturated heterocycles. The van der Waals surface area contributed by atoms with Crippen molar-refractivity contribution in [3.63, 3.8) is 0 Å². The van der Waals surface area contributed by atoms with Crippen LogP contribution in [0.3, 0.4) is 0 Å². The lowest BCUT2D eigenvalue weighted by molar-refractivity contribution is 0.324. The van der Waals surface area contributed by atoms with Crippen LogP contribution in [0.25, 0.3) is 12.2 Å². The summed E-state index contributed by atoms with van der Waals surface area (Å²) in [5.74, 6) is 3.04. The first-order chi connectivity index (χ1) is 14.5. The third kappa shape index (κ3) is 5.21. The molecule has 0 spiro atoms. The maximum atomic E-state index is 5.97. The Bertz CT molecular complexity index is 997. The summed E-state index contributed by atoms with van der Waals surface area (Å²) in [7, 11) is 4.75. The highest BCUT2D eigenvalue weighted by molar-refractivity contribution is 6.30. The van der Waals surface area contributed by atoms with Gasteiger partial charge in [0.2, 0.25) is 5.75 Å². The Labute approximate surface area is 181 Å². The zero-order chi connectivity index (χ0) is 21.5. The lowest BCUT2D eigenvalue weighted by Gasteiger charge is -2.15. The molecule has 1 unspecified atom stereocenters. The second-order valence-electron chi connectivity index (χ2n) is 6.51. The number of aromatic nitrogens is 2. The fourth-order valence-electron chi connectivity index (χ4n) is 2.96. The standard InChI is InChI=1S/C23H24ClN3O3/c1-15(17-6-8-18(24)9-7-17)26-22-11-12-25-21(27-22)10-5-16-13-19(28-2)23(30-4)20(14-16)29-3/h5-15H,1-4H3,(H,25,26,27). The minimum atomic E-state index is 0.0732. The van der Waals surface area contributed by atoms with Gasteiger partial charge in [-0.15, -0.1) is 0 Å². The number of nitrogens with one attached hydrogen (secondary N) is 1. The van der Waals surface area contributed by atoms with Crippen molar-refractivity contribution in [3.05, 3.63) is 70.6 Å². The Balaban J connectivity index is 1.78. The molecule has 0 saturated carbocycles. The van der Waals surface area contributed by atoms with E-state index in [1.807, 2.05) is 54.6 Å². The van der Waals surface area contributed by atoms with Crippen LogP contribution < -0.4 is 19.5 Å². The number of rotatable bonds is 8. The van der Waals surface area contributed by atoms with Crippen molar-refractivity contribution in [3.8, 4) is 17.2 Å². The number of hydrogen-bond acceptors (Lipinski definition) is 6. The highest BCUT2D eigenvalue weighted by atomic mass is 35.5. The van der Waals surface area contributed by atoms with Crippen molar-refractivity contribution in [1.82, 2.24) is 9.97 Å². The quantitative estimate of drug-likeness (QED) is 0.514. The molecule has 30 heavy (non-hydrogen) atoms. The third-order valence-electron chi connectivity index (χ3n) is 4.52. The van der Waals surface area contributed by atoms with Crippen LogP contribution in [0, 0.1) is 0 Å². The molecule has 1 atom stereocenters. The van der Waals surface area contributed by atoms with Crippen molar-refractivity contribution in [2.24, 2.45) is 0 Å². The molecule has 2 aromatic carbocycles. The Kier molecular flexibility index (Phi) is 7.14. The first-order valence-electron chi connectivity index (χ1n) is 9.37. The monoisotopic (exact) mass is 425 g/mol. The van der Waals surface area contributed by atoms with Gasteiger partial charge in [-0.3, -0.25) is 0 Å². The normalized spacial score (nSPS) is 11.9. The molecule has 0 fully saturated rings. The Hall–Kier alpha value is -3.25. The lowest BCUT2D eigenvalue weighted by Crippen LogP contribution is -2.08. The third-order valence-corrected chi connectivity index (χ3v) is 4.77. The zero-order valence-electron chi connectivity index (χ0n) is 17.3. The molecule has 156 valence electrons. The molecule has 7 heteroatoms. The molecule has 0 aliphatic rings. The van der Waals surface area contributed by atoms with Crippen LogP contribution >= 0.6 is 11.6 Å². The van der Waals surface area contributed by atoms with Crippen LogP contribution in [0.1, 0.15) is 29.9 Å². The fraction of sp³-hybridized carbons (Fsp3) is 0.217. The van der Waals surface area contributed by atoms with E-state index in [1.165, 1.54) is 0 Å². The molecule has 0 aliphatic carbocycles. The molecule has 6 nitrogen and oxygen atoms in total. The Morgan fingerprint density at radius 2 is 1.60 bits per heavy atom. The van der Waals surface area contributed by atoms with Crippen LogP contribution in [0.4, 0.5) is 5.82 Å². The molecule has 0 bridgehead atoms. The van der Waals surface area contributed by atoms with Crippen molar-refractivity contribution in [2.45, 2.75) is 13.0 Å². The van der Waals surface area contributed by atoms with Gasteiger partial charge in [0, 0.05) is 17.3 Å². The highest BCUT2D eigenvalue weighted by Crippen LogP contribution is 2.38.